The number of ether oxygens (including phenoxy) is 1. The Bertz CT molecular complexity index is 216. The van der Waals surface area contributed by atoms with Crippen LogP contribution in [0.2, 0.25) is 0 Å². The first kappa shape index (κ1) is 13.9. The molecule has 2 atom stereocenters. The lowest BCUT2D eigenvalue weighted by molar-refractivity contribution is -0.130. The van der Waals surface area contributed by atoms with E-state index < -0.39 is 0 Å². The lowest BCUT2D eigenvalue weighted by Gasteiger charge is -2.43. The van der Waals surface area contributed by atoms with Crippen LogP contribution in [0.5, 0.6) is 0 Å². The average Bonchev–Trinajstić information content (AvgIpc) is 2.10. The van der Waals surface area contributed by atoms with Crippen LogP contribution in [0.25, 0.3) is 0 Å². The Labute approximate surface area is 101 Å². The van der Waals surface area contributed by atoms with Gasteiger partial charge >= 0.3 is 0 Å². The van der Waals surface area contributed by atoms with Crippen LogP contribution >= 0.6 is 0 Å². The third kappa shape index (κ3) is 4.04. The second-order valence-electron chi connectivity index (χ2n) is 6.02. The Morgan fingerprint density at radius 3 is 2.50 bits per heavy atom. The molecule has 0 saturated carbocycles. The predicted octanol–water partition coefficient (Wildman–Crippen LogP) is 1.73. The highest BCUT2D eigenvalue weighted by Gasteiger charge is 2.32. The van der Waals surface area contributed by atoms with Gasteiger partial charge in [0.1, 0.15) is 0 Å². The number of hydrogen-bond acceptors (Lipinski definition) is 3. The quantitative estimate of drug-likeness (QED) is 0.793. The molecule has 0 aromatic carbocycles. The number of nitrogens with one attached hydrogen (secondary N) is 1. The first-order valence-electron chi connectivity index (χ1n) is 6.41. The van der Waals surface area contributed by atoms with Gasteiger partial charge in [-0.05, 0) is 33.7 Å². The van der Waals surface area contributed by atoms with Crippen molar-refractivity contribution in [3.8, 4) is 0 Å². The van der Waals surface area contributed by atoms with Gasteiger partial charge in [0, 0.05) is 25.7 Å². The zero-order valence-corrected chi connectivity index (χ0v) is 11.7. The number of rotatable bonds is 4. The zero-order chi connectivity index (χ0) is 12.3. The molecule has 1 aliphatic rings. The molecule has 0 amide bonds. The molecule has 3 nitrogen and oxygen atoms in total. The van der Waals surface area contributed by atoms with Crippen molar-refractivity contribution in [1.82, 2.24) is 10.2 Å². The molecule has 0 bridgehead atoms. The Morgan fingerprint density at radius 2 is 2.06 bits per heavy atom. The molecular formula is C13H28N2O. The fourth-order valence-electron chi connectivity index (χ4n) is 2.64. The van der Waals surface area contributed by atoms with Gasteiger partial charge in [0.2, 0.25) is 0 Å². The molecule has 3 heteroatoms. The summed E-state index contributed by atoms with van der Waals surface area (Å²) in [6, 6.07) is 0.570. The maximum absolute atomic E-state index is 5.92. The Balaban J connectivity index is 2.53. The van der Waals surface area contributed by atoms with Crippen molar-refractivity contribution in [3.63, 3.8) is 0 Å². The van der Waals surface area contributed by atoms with Gasteiger partial charge in [-0.1, -0.05) is 13.8 Å². The predicted molar refractivity (Wildman–Crippen MR) is 68.8 cm³/mol. The second kappa shape index (κ2) is 5.48. The third-order valence-corrected chi connectivity index (χ3v) is 3.27. The average molecular weight is 228 g/mol. The summed E-state index contributed by atoms with van der Waals surface area (Å²) in [7, 11) is 2.06. The van der Waals surface area contributed by atoms with Crippen molar-refractivity contribution in [2.24, 2.45) is 5.92 Å². The molecule has 1 fully saturated rings. The standard InChI is InChI=1S/C13H28N2O/c1-10(2)12(14-6)8-15-7-11(3)16-13(4,5)9-15/h10-12,14H,7-9H2,1-6H3. The SMILES string of the molecule is CNC(CN1CC(C)OC(C)(C)C1)C(C)C. The lowest BCUT2D eigenvalue weighted by Crippen LogP contribution is -2.55. The van der Waals surface area contributed by atoms with Crippen LogP contribution in [-0.2, 0) is 4.74 Å². The minimum atomic E-state index is -0.00701. The second-order valence-corrected chi connectivity index (χ2v) is 6.02. The van der Waals surface area contributed by atoms with Crippen molar-refractivity contribution in [3.05, 3.63) is 0 Å². The number of likely N-dealkylation sites (N-methyl/N-ethyl adjacent to an activating group) is 1. The molecule has 0 aromatic rings. The molecule has 2 unspecified atom stereocenters. The van der Waals surface area contributed by atoms with E-state index in [9.17, 15) is 0 Å². The van der Waals surface area contributed by atoms with Gasteiger partial charge in [0.15, 0.2) is 0 Å². The summed E-state index contributed by atoms with van der Waals surface area (Å²) in [6.07, 6.45) is 0.341. The Hall–Kier alpha value is -0.120. The first-order valence-corrected chi connectivity index (χ1v) is 6.41. The largest absolute Gasteiger partial charge is 0.370 e. The van der Waals surface area contributed by atoms with E-state index in [0.717, 1.165) is 19.6 Å². The monoisotopic (exact) mass is 228 g/mol. The number of nitrogens with zero attached hydrogens (tertiary/aromatic N) is 1. The van der Waals surface area contributed by atoms with Gasteiger partial charge in [-0.15, -0.1) is 0 Å². The number of morpholine rings is 1. The number of hydrogen-bond donors (Lipinski definition) is 1. The highest BCUT2D eigenvalue weighted by atomic mass is 16.5. The van der Waals surface area contributed by atoms with Crippen molar-refractivity contribution in [2.45, 2.75) is 52.4 Å². The van der Waals surface area contributed by atoms with Crippen LogP contribution < -0.4 is 5.32 Å². The molecule has 96 valence electrons. The summed E-state index contributed by atoms with van der Waals surface area (Å²) >= 11 is 0. The van der Waals surface area contributed by atoms with E-state index in [1.54, 1.807) is 0 Å². The molecule has 0 radical (unpaired) electrons. The van der Waals surface area contributed by atoms with Crippen molar-refractivity contribution in [1.29, 1.82) is 0 Å². The highest BCUT2D eigenvalue weighted by molar-refractivity contribution is 4.85. The van der Waals surface area contributed by atoms with Gasteiger partial charge in [0.05, 0.1) is 11.7 Å². The van der Waals surface area contributed by atoms with Crippen molar-refractivity contribution < 1.29 is 4.74 Å². The molecular weight excluding hydrogens is 200 g/mol. The molecule has 1 rings (SSSR count). The molecule has 1 heterocycles. The minimum Gasteiger partial charge on any atom is -0.370 e. The van der Waals surface area contributed by atoms with E-state index in [4.69, 9.17) is 4.74 Å². The Morgan fingerprint density at radius 1 is 1.44 bits per heavy atom. The summed E-state index contributed by atoms with van der Waals surface area (Å²) in [5.74, 6) is 0.672. The maximum Gasteiger partial charge on any atom is 0.0757 e. The van der Waals surface area contributed by atoms with Crippen LogP contribution in [-0.4, -0.2) is 49.3 Å². The van der Waals surface area contributed by atoms with Gasteiger partial charge < -0.3 is 10.1 Å². The Kier molecular flexibility index (Phi) is 4.77. The van der Waals surface area contributed by atoms with Gasteiger partial charge in [0.25, 0.3) is 0 Å². The van der Waals surface area contributed by atoms with E-state index in [-0.39, 0.29) is 5.60 Å². The molecule has 0 aliphatic carbocycles. The fraction of sp³-hybridized carbons (Fsp3) is 1.00. The summed E-state index contributed by atoms with van der Waals surface area (Å²) in [6.45, 7) is 14.3. The van der Waals surface area contributed by atoms with E-state index in [1.807, 2.05) is 0 Å². The summed E-state index contributed by atoms with van der Waals surface area (Å²) < 4.78 is 5.92. The summed E-state index contributed by atoms with van der Waals surface area (Å²) in [5, 5.41) is 3.41. The van der Waals surface area contributed by atoms with E-state index >= 15 is 0 Å². The van der Waals surface area contributed by atoms with Crippen LogP contribution in [0, 0.1) is 5.92 Å². The lowest BCUT2D eigenvalue weighted by atomic mass is 10.0. The van der Waals surface area contributed by atoms with E-state index in [2.05, 4.69) is 51.9 Å². The molecule has 1 aliphatic heterocycles. The van der Waals surface area contributed by atoms with Crippen LogP contribution in [0.3, 0.4) is 0 Å². The highest BCUT2D eigenvalue weighted by Crippen LogP contribution is 2.21. The van der Waals surface area contributed by atoms with Gasteiger partial charge in [-0.2, -0.15) is 0 Å². The molecule has 16 heavy (non-hydrogen) atoms. The smallest absolute Gasteiger partial charge is 0.0757 e. The van der Waals surface area contributed by atoms with Crippen molar-refractivity contribution in [2.75, 3.05) is 26.7 Å². The molecule has 1 N–H and O–H groups in total. The maximum atomic E-state index is 5.92. The normalized spacial score (nSPS) is 28.3. The zero-order valence-electron chi connectivity index (χ0n) is 11.7. The van der Waals surface area contributed by atoms with E-state index in [1.165, 1.54) is 0 Å². The fourth-order valence-corrected chi connectivity index (χ4v) is 2.64. The van der Waals surface area contributed by atoms with Crippen LogP contribution in [0.4, 0.5) is 0 Å². The topological polar surface area (TPSA) is 24.5 Å². The summed E-state index contributed by atoms with van der Waals surface area (Å²) in [5.41, 5.74) is -0.00701. The molecule has 0 aromatic heterocycles. The minimum absolute atomic E-state index is 0.00701. The molecule has 0 spiro atoms. The molecule has 1 saturated heterocycles. The van der Waals surface area contributed by atoms with Gasteiger partial charge in [-0.25, -0.2) is 0 Å². The summed E-state index contributed by atoms with van der Waals surface area (Å²) in [4.78, 5) is 2.52. The first-order chi connectivity index (χ1) is 7.34. The van der Waals surface area contributed by atoms with Crippen molar-refractivity contribution >= 4 is 0 Å². The third-order valence-electron chi connectivity index (χ3n) is 3.27. The van der Waals surface area contributed by atoms with Gasteiger partial charge in [-0.3, -0.25) is 4.90 Å². The van der Waals surface area contributed by atoms with Crippen LogP contribution in [0.1, 0.15) is 34.6 Å². The van der Waals surface area contributed by atoms with Crippen LogP contribution in [0.15, 0.2) is 0 Å². The van der Waals surface area contributed by atoms with E-state index in [0.29, 0.717) is 18.1 Å².